The van der Waals surface area contributed by atoms with Gasteiger partial charge in [-0.2, -0.15) is 4.31 Å². The lowest BCUT2D eigenvalue weighted by molar-refractivity contribution is 0.0447. The van der Waals surface area contributed by atoms with E-state index in [-0.39, 0.29) is 54.8 Å². The van der Waals surface area contributed by atoms with Gasteiger partial charge in [0, 0.05) is 56.7 Å². The predicted molar refractivity (Wildman–Crippen MR) is 163 cm³/mol. The summed E-state index contributed by atoms with van der Waals surface area (Å²) < 4.78 is 30.3. The van der Waals surface area contributed by atoms with Crippen LogP contribution in [-0.2, 0) is 16.4 Å². The van der Waals surface area contributed by atoms with Crippen molar-refractivity contribution in [3.63, 3.8) is 0 Å². The molecule has 1 N–H and O–H groups in total. The number of pyridine rings is 1. The van der Waals surface area contributed by atoms with Crippen molar-refractivity contribution >= 4 is 22.0 Å². The number of piperidine rings is 1. The smallest absolute Gasteiger partial charge is 0.407 e. The van der Waals surface area contributed by atoms with E-state index in [4.69, 9.17) is 0 Å². The summed E-state index contributed by atoms with van der Waals surface area (Å²) in [6.45, 7) is 1.27. The van der Waals surface area contributed by atoms with Crippen molar-refractivity contribution in [3.05, 3.63) is 103 Å². The van der Waals surface area contributed by atoms with Crippen LogP contribution < -0.4 is 0 Å². The fourth-order valence-corrected chi connectivity index (χ4v) is 7.67. The molecule has 2 fully saturated rings. The van der Waals surface area contributed by atoms with Crippen molar-refractivity contribution in [2.75, 3.05) is 32.7 Å². The van der Waals surface area contributed by atoms with Gasteiger partial charge in [-0.3, -0.25) is 9.78 Å². The molecule has 4 heterocycles. The molecule has 2 amide bonds. The molecular formula is C32H34N6O5S. The number of benzene rings is 2. The van der Waals surface area contributed by atoms with Crippen molar-refractivity contribution in [1.82, 2.24) is 28.6 Å². The Bertz CT molecular complexity index is 1720. The molecule has 2 aromatic carbocycles. The highest BCUT2D eigenvalue weighted by atomic mass is 32.2. The lowest BCUT2D eigenvalue weighted by Gasteiger charge is -2.40. The average molecular weight is 615 g/mol. The molecule has 0 spiro atoms. The highest BCUT2D eigenvalue weighted by Gasteiger charge is 2.37. The van der Waals surface area contributed by atoms with Gasteiger partial charge in [0.2, 0.25) is 10.0 Å². The van der Waals surface area contributed by atoms with Gasteiger partial charge in [-0.1, -0.05) is 60.7 Å². The molecule has 6 rings (SSSR count). The van der Waals surface area contributed by atoms with E-state index >= 15 is 0 Å². The zero-order valence-electron chi connectivity index (χ0n) is 24.1. The molecule has 0 saturated carbocycles. The Hall–Kier alpha value is -4.55. The van der Waals surface area contributed by atoms with Gasteiger partial charge in [0.25, 0.3) is 5.91 Å². The largest absolute Gasteiger partial charge is 0.465 e. The number of rotatable bonds is 7. The van der Waals surface area contributed by atoms with Crippen LogP contribution in [0.4, 0.5) is 4.79 Å². The normalized spacial score (nSPS) is 19.5. The molecule has 0 bridgehead atoms. The fraction of sp³-hybridized carbons (Fsp3) is 0.312. The number of amides is 2. The highest BCUT2D eigenvalue weighted by molar-refractivity contribution is 7.89. The van der Waals surface area contributed by atoms with E-state index in [0.717, 1.165) is 17.5 Å². The third kappa shape index (κ3) is 5.95. The second-order valence-corrected chi connectivity index (χ2v) is 13.1. The number of carbonyl (C=O) groups is 2. The van der Waals surface area contributed by atoms with E-state index in [1.54, 1.807) is 29.6 Å². The number of aromatic nitrogens is 3. The molecule has 44 heavy (non-hydrogen) atoms. The number of hydrogen-bond donors (Lipinski definition) is 1. The Morgan fingerprint density at radius 1 is 0.909 bits per heavy atom. The molecule has 2 aromatic heterocycles. The molecule has 2 saturated heterocycles. The molecule has 2 aliphatic heterocycles. The van der Waals surface area contributed by atoms with E-state index < -0.39 is 16.1 Å². The molecule has 4 aromatic rings. The minimum atomic E-state index is -3.75. The van der Waals surface area contributed by atoms with Gasteiger partial charge in [0.15, 0.2) is 5.69 Å². The van der Waals surface area contributed by atoms with Crippen LogP contribution in [0.3, 0.4) is 0 Å². The zero-order chi connectivity index (χ0) is 30.7. The molecule has 2 atom stereocenters. The Kier molecular flexibility index (Phi) is 8.45. The van der Waals surface area contributed by atoms with Crippen LogP contribution in [0.15, 0.2) is 96.4 Å². The van der Waals surface area contributed by atoms with Gasteiger partial charge >= 0.3 is 6.09 Å². The van der Waals surface area contributed by atoms with E-state index in [2.05, 4.69) is 9.97 Å². The molecule has 12 heteroatoms. The number of carboxylic acid groups (broad SMARTS) is 1. The van der Waals surface area contributed by atoms with Crippen molar-refractivity contribution in [2.24, 2.45) is 0 Å². The van der Waals surface area contributed by atoms with Crippen molar-refractivity contribution < 1.29 is 23.1 Å². The summed E-state index contributed by atoms with van der Waals surface area (Å²) in [5.41, 5.74) is 2.70. The number of nitrogens with zero attached hydrogens (tertiary/aromatic N) is 6. The predicted octanol–water partition coefficient (Wildman–Crippen LogP) is 4.02. The van der Waals surface area contributed by atoms with Crippen LogP contribution in [-0.4, -0.2) is 92.9 Å². The van der Waals surface area contributed by atoms with Gasteiger partial charge in [-0.15, -0.1) is 0 Å². The number of piperazine rings is 1. The molecule has 1 unspecified atom stereocenters. The van der Waals surface area contributed by atoms with E-state index in [1.165, 1.54) is 15.4 Å². The van der Waals surface area contributed by atoms with Gasteiger partial charge in [0.05, 0.1) is 18.1 Å². The fourth-order valence-electron chi connectivity index (χ4n) is 6.18. The van der Waals surface area contributed by atoms with E-state index in [0.29, 0.717) is 25.1 Å². The van der Waals surface area contributed by atoms with Crippen LogP contribution in [0.25, 0.3) is 11.3 Å². The van der Waals surface area contributed by atoms with Crippen molar-refractivity contribution in [2.45, 2.75) is 36.2 Å². The lowest BCUT2D eigenvalue weighted by Crippen LogP contribution is -2.57. The second-order valence-electron chi connectivity index (χ2n) is 11.1. The Balaban J connectivity index is 1.34. The van der Waals surface area contributed by atoms with Crippen LogP contribution in [0.5, 0.6) is 0 Å². The van der Waals surface area contributed by atoms with Gasteiger partial charge in [-0.25, -0.2) is 18.2 Å². The second kappa shape index (κ2) is 12.6. The zero-order valence-corrected chi connectivity index (χ0v) is 25.0. The molecule has 228 valence electrons. The number of hydrogen-bond acceptors (Lipinski definition) is 6. The maximum atomic E-state index is 14.3. The Morgan fingerprint density at radius 3 is 2.36 bits per heavy atom. The third-order valence-corrected chi connectivity index (χ3v) is 10.2. The van der Waals surface area contributed by atoms with E-state index in [1.807, 2.05) is 65.2 Å². The summed E-state index contributed by atoms with van der Waals surface area (Å²) in [5.74, 6) is -0.274. The van der Waals surface area contributed by atoms with Crippen LogP contribution in [0.2, 0.25) is 0 Å². The van der Waals surface area contributed by atoms with Gasteiger partial charge in [0.1, 0.15) is 4.90 Å². The molecule has 2 aliphatic rings. The Morgan fingerprint density at radius 2 is 1.66 bits per heavy atom. The van der Waals surface area contributed by atoms with Crippen molar-refractivity contribution in [3.8, 4) is 11.3 Å². The molecular weight excluding hydrogens is 580 g/mol. The highest BCUT2D eigenvalue weighted by Crippen LogP contribution is 2.33. The van der Waals surface area contributed by atoms with Crippen molar-refractivity contribution in [1.29, 1.82) is 0 Å². The topological polar surface area (TPSA) is 129 Å². The van der Waals surface area contributed by atoms with Gasteiger partial charge in [-0.05, 0) is 37.0 Å². The summed E-state index contributed by atoms with van der Waals surface area (Å²) >= 11 is 0. The first-order valence-electron chi connectivity index (χ1n) is 14.7. The van der Waals surface area contributed by atoms with Crippen LogP contribution >= 0.6 is 0 Å². The molecule has 11 nitrogen and oxygen atoms in total. The summed E-state index contributed by atoms with van der Waals surface area (Å²) in [6, 6.07) is 21.8. The SMILES string of the molecule is O=C(O)N1CCN(C(=O)c2ncn(C3CCCN(S(=O)(=O)c4cccnc4)C3)c2-c2ccccc2)[C@H](Cc2ccccc2)C1. The maximum absolute atomic E-state index is 14.3. The minimum absolute atomic E-state index is 0.149. The number of sulfonamides is 1. The molecule has 0 radical (unpaired) electrons. The first kappa shape index (κ1) is 29.5. The molecule has 0 aliphatic carbocycles. The third-order valence-electron chi connectivity index (χ3n) is 8.40. The average Bonchev–Trinajstić information content (AvgIpc) is 3.51. The summed E-state index contributed by atoms with van der Waals surface area (Å²) in [4.78, 5) is 38.1. The van der Waals surface area contributed by atoms with Gasteiger partial charge < -0.3 is 19.5 Å². The summed E-state index contributed by atoms with van der Waals surface area (Å²) in [5, 5.41) is 9.71. The quantitative estimate of drug-likeness (QED) is 0.333. The van der Waals surface area contributed by atoms with Crippen LogP contribution in [0.1, 0.15) is 34.9 Å². The number of carbonyl (C=O) groups excluding carboxylic acids is 1. The first-order valence-corrected chi connectivity index (χ1v) is 16.1. The van der Waals surface area contributed by atoms with Crippen LogP contribution in [0, 0.1) is 0 Å². The standard InChI is InChI=1S/C32H34N6O5S/c39-31(37-18-17-35(32(40)41)21-27(37)19-24-9-3-1-4-10-24)29-30(25-11-5-2-6-12-25)38(23-34-29)26-13-8-16-36(22-26)44(42,43)28-14-7-15-33-20-28/h1-7,9-12,14-15,20,23,26-27H,8,13,16-19,21-22H2,(H,40,41)/t26?,27-/m1/s1. The maximum Gasteiger partial charge on any atom is 0.407 e. The summed E-state index contributed by atoms with van der Waals surface area (Å²) in [6.07, 6.45) is 5.40. The first-order chi connectivity index (χ1) is 21.3. The van der Waals surface area contributed by atoms with E-state index in [9.17, 15) is 23.1 Å². The summed E-state index contributed by atoms with van der Waals surface area (Å²) in [7, 11) is -3.75. The number of imidazole rings is 1. The minimum Gasteiger partial charge on any atom is -0.465 e. The Labute approximate surface area is 256 Å². The lowest BCUT2D eigenvalue weighted by atomic mass is 10.0. The monoisotopic (exact) mass is 614 g/mol.